The van der Waals surface area contributed by atoms with Crippen LogP contribution in [-0.4, -0.2) is 12.1 Å². The second-order valence-electron chi connectivity index (χ2n) is 3.73. The molecule has 0 amide bonds. The maximum atomic E-state index is 11.2. The van der Waals surface area contributed by atoms with Crippen LogP contribution < -0.4 is 0 Å². The van der Waals surface area contributed by atoms with Gasteiger partial charge in [-0.05, 0) is 32.4 Å². The molecule has 0 aliphatic heterocycles. The van der Waals surface area contributed by atoms with Crippen molar-refractivity contribution in [1.29, 1.82) is 0 Å². The highest BCUT2D eigenvalue weighted by Crippen LogP contribution is 2.05. The zero-order valence-electron chi connectivity index (χ0n) is 9.36. The van der Waals surface area contributed by atoms with Gasteiger partial charge in [-0.1, -0.05) is 29.8 Å². The number of hydrogen-bond donors (Lipinski definition) is 0. The minimum atomic E-state index is -0.300. The van der Waals surface area contributed by atoms with Crippen molar-refractivity contribution in [2.24, 2.45) is 0 Å². The fourth-order valence-corrected chi connectivity index (χ4v) is 1.11. The molecule has 0 fully saturated rings. The van der Waals surface area contributed by atoms with Crippen LogP contribution in [0.5, 0.6) is 0 Å². The molecule has 2 nitrogen and oxygen atoms in total. The van der Waals surface area contributed by atoms with Crippen molar-refractivity contribution in [2.45, 2.75) is 26.9 Å². The lowest BCUT2D eigenvalue weighted by Crippen LogP contribution is -2.08. The monoisotopic (exact) mass is 204 g/mol. The van der Waals surface area contributed by atoms with E-state index in [1.54, 1.807) is 6.08 Å². The van der Waals surface area contributed by atoms with Gasteiger partial charge in [0.2, 0.25) is 0 Å². The Bertz CT molecular complexity index is 347. The first-order valence-electron chi connectivity index (χ1n) is 5.03. The summed E-state index contributed by atoms with van der Waals surface area (Å²) < 4.78 is 4.97. The molecule has 0 aliphatic carbocycles. The van der Waals surface area contributed by atoms with Gasteiger partial charge >= 0.3 is 5.97 Å². The number of hydrogen-bond acceptors (Lipinski definition) is 2. The number of carbonyl (C=O) groups is 1. The van der Waals surface area contributed by atoms with Crippen molar-refractivity contribution in [3.8, 4) is 0 Å². The molecule has 0 atom stereocenters. The van der Waals surface area contributed by atoms with Gasteiger partial charge in [0.25, 0.3) is 0 Å². The molecule has 0 saturated carbocycles. The summed E-state index contributed by atoms with van der Waals surface area (Å²) >= 11 is 0. The molecule has 0 spiro atoms. The summed E-state index contributed by atoms with van der Waals surface area (Å²) in [6.07, 6.45) is 3.13. The average Bonchev–Trinajstić information content (AvgIpc) is 2.16. The van der Waals surface area contributed by atoms with Crippen LogP contribution in [0.2, 0.25) is 0 Å². The van der Waals surface area contributed by atoms with E-state index in [0.29, 0.717) is 0 Å². The Morgan fingerprint density at radius 3 is 2.40 bits per heavy atom. The van der Waals surface area contributed by atoms with Crippen LogP contribution in [0.15, 0.2) is 30.3 Å². The van der Waals surface area contributed by atoms with Gasteiger partial charge in [0.05, 0.1) is 6.10 Å². The number of carbonyl (C=O) groups excluding carboxylic acids is 1. The predicted molar refractivity (Wildman–Crippen MR) is 61.4 cm³/mol. The van der Waals surface area contributed by atoms with E-state index in [0.717, 1.165) is 5.56 Å². The Kier molecular flexibility index (Phi) is 4.10. The molecule has 0 radical (unpaired) electrons. The summed E-state index contributed by atoms with van der Waals surface area (Å²) in [5, 5.41) is 0. The predicted octanol–water partition coefficient (Wildman–Crippen LogP) is 2.96. The van der Waals surface area contributed by atoms with Crippen molar-refractivity contribution < 1.29 is 9.53 Å². The van der Waals surface area contributed by atoms with E-state index in [-0.39, 0.29) is 12.1 Å². The summed E-state index contributed by atoms with van der Waals surface area (Å²) in [6, 6.07) is 7.95. The smallest absolute Gasteiger partial charge is 0.331 e. The summed E-state index contributed by atoms with van der Waals surface area (Å²) in [5.74, 6) is -0.300. The largest absolute Gasteiger partial charge is 0.460 e. The number of benzene rings is 1. The van der Waals surface area contributed by atoms with Gasteiger partial charge in [-0.15, -0.1) is 0 Å². The van der Waals surface area contributed by atoms with Gasteiger partial charge in [0.1, 0.15) is 0 Å². The molecule has 0 bridgehead atoms. The van der Waals surface area contributed by atoms with Gasteiger partial charge in [-0.2, -0.15) is 0 Å². The highest BCUT2D eigenvalue weighted by atomic mass is 16.5. The second-order valence-corrected chi connectivity index (χ2v) is 3.73. The minimum Gasteiger partial charge on any atom is -0.460 e. The van der Waals surface area contributed by atoms with Crippen LogP contribution in [-0.2, 0) is 9.53 Å². The van der Waals surface area contributed by atoms with Crippen LogP contribution in [0.1, 0.15) is 25.0 Å². The SMILES string of the molecule is Cc1ccc(C=CC(=O)OC(C)C)cc1. The van der Waals surface area contributed by atoms with Gasteiger partial charge in [0, 0.05) is 6.08 Å². The first-order valence-corrected chi connectivity index (χ1v) is 5.03. The Labute approximate surface area is 90.6 Å². The van der Waals surface area contributed by atoms with Crippen LogP contribution in [0.4, 0.5) is 0 Å². The molecule has 0 heterocycles. The number of ether oxygens (including phenoxy) is 1. The fraction of sp³-hybridized carbons (Fsp3) is 0.308. The average molecular weight is 204 g/mol. The lowest BCUT2D eigenvalue weighted by atomic mass is 10.1. The Balaban J connectivity index is 2.57. The molecule has 80 valence electrons. The topological polar surface area (TPSA) is 26.3 Å². The Hall–Kier alpha value is -1.57. The molecule has 1 aromatic carbocycles. The fourth-order valence-electron chi connectivity index (χ4n) is 1.11. The summed E-state index contributed by atoms with van der Waals surface area (Å²) in [7, 11) is 0. The molecule has 1 rings (SSSR count). The first kappa shape index (κ1) is 11.5. The Morgan fingerprint density at radius 2 is 1.87 bits per heavy atom. The van der Waals surface area contributed by atoms with Gasteiger partial charge in [-0.25, -0.2) is 4.79 Å². The lowest BCUT2D eigenvalue weighted by Gasteiger charge is -2.03. The molecule has 0 aromatic heterocycles. The molecule has 0 N–H and O–H groups in total. The van der Waals surface area contributed by atoms with E-state index in [1.807, 2.05) is 45.0 Å². The minimum absolute atomic E-state index is 0.0693. The van der Waals surface area contributed by atoms with Crippen molar-refractivity contribution in [3.63, 3.8) is 0 Å². The zero-order chi connectivity index (χ0) is 11.3. The number of rotatable bonds is 3. The quantitative estimate of drug-likeness (QED) is 0.559. The van der Waals surface area contributed by atoms with E-state index < -0.39 is 0 Å². The third-order valence-electron chi connectivity index (χ3n) is 1.84. The van der Waals surface area contributed by atoms with E-state index >= 15 is 0 Å². The molecule has 0 saturated heterocycles. The zero-order valence-corrected chi connectivity index (χ0v) is 9.36. The third-order valence-corrected chi connectivity index (χ3v) is 1.84. The van der Waals surface area contributed by atoms with E-state index in [2.05, 4.69) is 0 Å². The summed E-state index contributed by atoms with van der Waals surface area (Å²) in [6.45, 7) is 5.69. The molecule has 0 unspecified atom stereocenters. The van der Waals surface area contributed by atoms with E-state index in [1.165, 1.54) is 11.6 Å². The Morgan fingerprint density at radius 1 is 1.27 bits per heavy atom. The normalized spacial score (nSPS) is 10.9. The van der Waals surface area contributed by atoms with Crippen molar-refractivity contribution in [2.75, 3.05) is 0 Å². The van der Waals surface area contributed by atoms with Crippen LogP contribution in [0, 0.1) is 6.92 Å². The summed E-state index contributed by atoms with van der Waals surface area (Å²) in [5.41, 5.74) is 2.21. The maximum absolute atomic E-state index is 11.2. The standard InChI is InChI=1S/C13H16O2/c1-10(2)15-13(14)9-8-12-6-4-11(3)5-7-12/h4-10H,1-3H3. The molecular formula is C13H16O2. The maximum Gasteiger partial charge on any atom is 0.331 e. The number of esters is 1. The molecular weight excluding hydrogens is 188 g/mol. The third kappa shape index (κ3) is 4.45. The van der Waals surface area contributed by atoms with Crippen LogP contribution in [0.25, 0.3) is 6.08 Å². The van der Waals surface area contributed by atoms with Crippen molar-refractivity contribution in [1.82, 2.24) is 0 Å². The first-order chi connectivity index (χ1) is 7.08. The van der Waals surface area contributed by atoms with Crippen LogP contribution >= 0.6 is 0 Å². The van der Waals surface area contributed by atoms with E-state index in [4.69, 9.17) is 4.74 Å². The van der Waals surface area contributed by atoms with Gasteiger partial charge in [0.15, 0.2) is 0 Å². The molecule has 1 aromatic rings. The molecule has 2 heteroatoms. The molecule has 15 heavy (non-hydrogen) atoms. The summed E-state index contributed by atoms with van der Waals surface area (Å²) in [4.78, 5) is 11.2. The van der Waals surface area contributed by atoms with Gasteiger partial charge in [-0.3, -0.25) is 0 Å². The number of aryl methyl sites for hydroxylation is 1. The highest BCUT2D eigenvalue weighted by Gasteiger charge is 1.99. The van der Waals surface area contributed by atoms with Gasteiger partial charge < -0.3 is 4.74 Å². The van der Waals surface area contributed by atoms with Crippen molar-refractivity contribution >= 4 is 12.0 Å². The van der Waals surface area contributed by atoms with Crippen LogP contribution in [0.3, 0.4) is 0 Å². The van der Waals surface area contributed by atoms with E-state index in [9.17, 15) is 4.79 Å². The molecule has 0 aliphatic rings. The second kappa shape index (κ2) is 5.35. The highest BCUT2D eigenvalue weighted by molar-refractivity contribution is 5.87. The van der Waals surface area contributed by atoms with Crippen molar-refractivity contribution in [3.05, 3.63) is 41.5 Å². The lowest BCUT2D eigenvalue weighted by molar-refractivity contribution is -0.141.